The molecular weight excluding hydrogens is 636 g/mol. The highest BCUT2D eigenvalue weighted by Gasteiger charge is 2.69. The number of aliphatic hydroxyl groups is 4. The largest absolute Gasteiger partial charge is 0.456 e. The number of ketones is 1. The number of hydrogen-bond donors (Lipinski definition) is 4. The van der Waals surface area contributed by atoms with Crippen LogP contribution in [0.5, 0.6) is 0 Å². The van der Waals surface area contributed by atoms with Crippen molar-refractivity contribution in [2.75, 3.05) is 0 Å². The first-order valence-electron chi connectivity index (χ1n) is 18.0. The smallest absolute Gasteiger partial charge is 0.338 e. The SMILES string of the molecule is CC(C)(CC[C@@H](OC(=O)c1ccccc1)[C@](C)(O)[C@H]1CC[C@@]2(O)C3=CC(=O)[C@@H]4C[C@@H](O)[C@@H](O)C[C@]4(C)[C@H]3CC[C@]12C)OC(=O)c1ccccc1. The monoisotopic (exact) mass is 688 g/mol. The zero-order valence-electron chi connectivity index (χ0n) is 29.8. The topological polar surface area (TPSA) is 151 Å². The predicted octanol–water partition coefficient (Wildman–Crippen LogP) is 5.58. The molecule has 0 radical (unpaired) electrons. The van der Waals surface area contributed by atoms with E-state index in [1.807, 2.05) is 19.9 Å². The van der Waals surface area contributed by atoms with Crippen LogP contribution in [0.2, 0.25) is 0 Å². The van der Waals surface area contributed by atoms with Gasteiger partial charge in [-0.2, -0.15) is 0 Å². The van der Waals surface area contributed by atoms with Crippen LogP contribution in [0.3, 0.4) is 0 Å². The van der Waals surface area contributed by atoms with Gasteiger partial charge in [-0.15, -0.1) is 0 Å². The highest BCUT2D eigenvalue weighted by molar-refractivity contribution is 5.95. The van der Waals surface area contributed by atoms with Crippen LogP contribution >= 0.6 is 0 Å². The molecule has 0 aliphatic heterocycles. The van der Waals surface area contributed by atoms with Gasteiger partial charge in [0.05, 0.1) is 28.9 Å². The molecule has 0 heterocycles. The summed E-state index contributed by atoms with van der Waals surface area (Å²) in [6.07, 6.45) is 1.48. The van der Waals surface area contributed by atoms with Gasteiger partial charge in [0.25, 0.3) is 0 Å². The number of hydrogen-bond acceptors (Lipinski definition) is 9. The number of fused-ring (bicyclic) bond motifs is 5. The summed E-state index contributed by atoms with van der Waals surface area (Å²) in [6.45, 7) is 9.22. The van der Waals surface area contributed by atoms with Gasteiger partial charge in [0.15, 0.2) is 5.78 Å². The van der Waals surface area contributed by atoms with Gasteiger partial charge in [0.2, 0.25) is 0 Å². The fraction of sp³-hybridized carbons (Fsp3) is 0.585. The minimum absolute atomic E-state index is 0.139. The molecule has 4 aliphatic carbocycles. The summed E-state index contributed by atoms with van der Waals surface area (Å²) in [5.41, 5.74) is -4.06. The van der Waals surface area contributed by atoms with E-state index in [2.05, 4.69) is 0 Å². The molecule has 0 bridgehead atoms. The van der Waals surface area contributed by atoms with Crippen LogP contribution in [-0.2, 0) is 14.3 Å². The Morgan fingerprint density at radius 2 is 1.48 bits per heavy atom. The second-order valence-electron chi connectivity index (χ2n) is 16.6. The van der Waals surface area contributed by atoms with Gasteiger partial charge < -0.3 is 29.9 Å². The Labute approximate surface area is 294 Å². The Bertz CT molecular complexity index is 1630. The van der Waals surface area contributed by atoms with Gasteiger partial charge in [-0.05, 0) is 125 Å². The fourth-order valence-electron chi connectivity index (χ4n) is 10.2. The molecule has 0 unspecified atom stereocenters. The lowest BCUT2D eigenvalue weighted by Crippen LogP contribution is -2.63. The second-order valence-corrected chi connectivity index (χ2v) is 16.6. The molecular formula is C41H52O9. The van der Waals surface area contributed by atoms with E-state index in [4.69, 9.17) is 9.47 Å². The molecule has 9 nitrogen and oxygen atoms in total. The maximum Gasteiger partial charge on any atom is 0.338 e. The number of aliphatic hydroxyl groups excluding tert-OH is 2. The molecule has 4 N–H and O–H groups in total. The Morgan fingerprint density at radius 3 is 2.10 bits per heavy atom. The van der Waals surface area contributed by atoms with Crippen molar-refractivity contribution >= 4 is 17.7 Å². The van der Waals surface area contributed by atoms with E-state index in [-0.39, 0.29) is 37.4 Å². The number of ether oxygens (including phenoxy) is 2. The highest BCUT2D eigenvalue weighted by Crippen LogP contribution is 2.68. The lowest BCUT2D eigenvalue weighted by Gasteiger charge is -2.60. The quantitative estimate of drug-likeness (QED) is 0.248. The van der Waals surface area contributed by atoms with Crippen LogP contribution in [0.25, 0.3) is 0 Å². The number of benzene rings is 2. The minimum Gasteiger partial charge on any atom is -0.456 e. The Hall–Kier alpha value is -3.37. The first-order chi connectivity index (χ1) is 23.4. The first kappa shape index (κ1) is 36.4. The minimum atomic E-state index is -1.62. The van der Waals surface area contributed by atoms with Crippen molar-refractivity contribution < 1.29 is 44.3 Å². The summed E-state index contributed by atoms with van der Waals surface area (Å²) in [4.78, 5) is 40.1. The number of esters is 2. The fourth-order valence-corrected chi connectivity index (χ4v) is 10.2. The van der Waals surface area contributed by atoms with E-state index in [0.717, 1.165) is 0 Å². The molecule has 9 heteroatoms. The molecule has 0 amide bonds. The molecule has 0 aromatic heterocycles. The van der Waals surface area contributed by atoms with Gasteiger partial charge >= 0.3 is 11.9 Å². The van der Waals surface area contributed by atoms with E-state index in [1.54, 1.807) is 81.4 Å². The average molecular weight is 689 g/mol. The van der Waals surface area contributed by atoms with Crippen LogP contribution in [0.1, 0.15) is 107 Å². The Morgan fingerprint density at radius 1 is 0.880 bits per heavy atom. The normalized spacial score (nSPS) is 35.4. The number of carbonyl (C=O) groups is 3. The van der Waals surface area contributed by atoms with Crippen molar-refractivity contribution in [2.24, 2.45) is 28.6 Å². The van der Waals surface area contributed by atoms with Crippen molar-refractivity contribution in [2.45, 2.75) is 121 Å². The van der Waals surface area contributed by atoms with Crippen LogP contribution < -0.4 is 0 Å². The summed E-state index contributed by atoms with van der Waals surface area (Å²) in [6, 6.07) is 17.3. The molecule has 10 atom stereocenters. The van der Waals surface area contributed by atoms with Gasteiger partial charge in [0.1, 0.15) is 17.3 Å². The molecule has 2 aromatic rings. The maximum absolute atomic E-state index is 13.6. The molecule has 4 aliphatic rings. The van der Waals surface area contributed by atoms with E-state index in [9.17, 15) is 34.8 Å². The molecule has 6 rings (SSSR count). The Kier molecular flexibility index (Phi) is 9.47. The van der Waals surface area contributed by atoms with E-state index >= 15 is 0 Å². The summed E-state index contributed by atoms with van der Waals surface area (Å²) in [5, 5.41) is 46.5. The standard InChI is InChI=1S/C41H52O9/c1-37(2,50-36(46)26-14-10-7-11-15-26)19-18-34(49-35(45)25-12-8-6-9-13-25)40(5,47)33-17-21-41(48)28-22-30(42)29-23-31(43)32(44)24-38(29,3)27(28)16-20-39(33,41)4/h6-15,22,27,29,31-34,43-44,47-48H,16-21,23-24H2,1-5H3/t27-,29-,31+,32-,33-,34+,38+,39+,40+,41+/m0/s1. The van der Waals surface area contributed by atoms with Crippen molar-refractivity contribution in [1.29, 1.82) is 0 Å². The van der Waals surface area contributed by atoms with Crippen LogP contribution in [0.4, 0.5) is 0 Å². The summed E-state index contributed by atoms with van der Waals surface area (Å²) in [7, 11) is 0. The molecule has 270 valence electrons. The zero-order valence-corrected chi connectivity index (χ0v) is 29.8. The van der Waals surface area contributed by atoms with Gasteiger partial charge in [-0.25, -0.2) is 9.59 Å². The molecule has 3 fully saturated rings. The van der Waals surface area contributed by atoms with Crippen molar-refractivity contribution in [3.05, 3.63) is 83.4 Å². The molecule has 50 heavy (non-hydrogen) atoms. The predicted molar refractivity (Wildman–Crippen MR) is 186 cm³/mol. The zero-order chi connectivity index (χ0) is 36.3. The molecule has 0 saturated heterocycles. The number of carbonyl (C=O) groups excluding carboxylic acids is 3. The van der Waals surface area contributed by atoms with Crippen molar-refractivity contribution in [3.63, 3.8) is 0 Å². The lowest BCUT2D eigenvalue weighted by molar-refractivity contribution is -0.177. The van der Waals surface area contributed by atoms with Gasteiger partial charge in [0, 0.05) is 11.3 Å². The third-order valence-corrected chi connectivity index (χ3v) is 13.1. The summed E-state index contributed by atoms with van der Waals surface area (Å²) < 4.78 is 12.0. The lowest BCUT2D eigenvalue weighted by atomic mass is 9.45. The van der Waals surface area contributed by atoms with Crippen LogP contribution in [-0.4, -0.2) is 73.3 Å². The number of allylic oxidation sites excluding steroid dienone is 1. The molecule has 2 aromatic carbocycles. The van der Waals surface area contributed by atoms with E-state index in [0.29, 0.717) is 42.4 Å². The Balaban J connectivity index is 1.29. The van der Waals surface area contributed by atoms with Crippen molar-refractivity contribution in [3.8, 4) is 0 Å². The van der Waals surface area contributed by atoms with Crippen LogP contribution in [0.15, 0.2) is 72.3 Å². The third-order valence-electron chi connectivity index (χ3n) is 13.1. The van der Waals surface area contributed by atoms with E-state index < -0.39 is 69.7 Å². The maximum atomic E-state index is 13.6. The van der Waals surface area contributed by atoms with E-state index in [1.165, 1.54) is 0 Å². The first-order valence-corrected chi connectivity index (χ1v) is 18.0. The molecule has 3 saturated carbocycles. The van der Waals surface area contributed by atoms with Gasteiger partial charge in [-0.1, -0.05) is 50.2 Å². The van der Waals surface area contributed by atoms with Crippen molar-refractivity contribution in [1.82, 2.24) is 0 Å². The third kappa shape index (κ3) is 6.14. The summed E-state index contributed by atoms with van der Waals surface area (Å²) >= 11 is 0. The van der Waals surface area contributed by atoms with Crippen LogP contribution in [0, 0.1) is 28.6 Å². The molecule has 0 spiro atoms. The second kappa shape index (κ2) is 13.0. The van der Waals surface area contributed by atoms with Gasteiger partial charge in [-0.3, -0.25) is 4.79 Å². The average Bonchev–Trinajstić information content (AvgIpc) is 3.36. The number of rotatable bonds is 9. The summed E-state index contributed by atoms with van der Waals surface area (Å²) in [5.74, 6) is -2.33. The highest BCUT2D eigenvalue weighted by atomic mass is 16.6.